The van der Waals surface area contributed by atoms with Gasteiger partial charge in [-0.2, -0.15) is 9.50 Å². The van der Waals surface area contributed by atoms with Crippen LogP contribution in [0.25, 0.3) is 22.4 Å². The highest BCUT2D eigenvalue weighted by Crippen LogP contribution is 2.40. The second kappa shape index (κ2) is 11.0. The van der Waals surface area contributed by atoms with E-state index in [0.29, 0.717) is 56.2 Å². The van der Waals surface area contributed by atoms with Gasteiger partial charge in [0.25, 0.3) is 5.56 Å². The molecule has 0 radical (unpaired) electrons. The number of aromatic nitrogens is 3. The molecular formula is C29H27N3O6S. The Morgan fingerprint density at radius 2 is 1.54 bits per heavy atom. The zero-order valence-corrected chi connectivity index (χ0v) is 23.0. The molecule has 0 atom stereocenters. The molecule has 0 N–H and O–H groups in total. The molecule has 10 heteroatoms. The first kappa shape index (κ1) is 26.1. The van der Waals surface area contributed by atoms with Gasteiger partial charge in [0.2, 0.25) is 10.7 Å². The summed E-state index contributed by atoms with van der Waals surface area (Å²) in [5, 5.41) is 4.44. The van der Waals surface area contributed by atoms with Gasteiger partial charge in [-0.1, -0.05) is 47.2 Å². The van der Waals surface area contributed by atoms with Gasteiger partial charge in [-0.05, 0) is 48.4 Å². The fourth-order valence-corrected chi connectivity index (χ4v) is 4.96. The van der Waals surface area contributed by atoms with E-state index in [9.17, 15) is 4.79 Å². The molecule has 2 heterocycles. The Labute approximate surface area is 228 Å². The molecule has 0 aliphatic carbocycles. The van der Waals surface area contributed by atoms with Gasteiger partial charge in [-0.3, -0.25) is 4.79 Å². The fourth-order valence-electron chi connectivity index (χ4n) is 4.06. The van der Waals surface area contributed by atoms with Crippen molar-refractivity contribution >= 4 is 22.4 Å². The monoisotopic (exact) mass is 545 g/mol. The number of methoxy groups -OCH3 is 4. The maximum atomic E-state index is 13.1. The van der Waals surface area contributed by atoms with Crippen molar-refractivity contribution in [2.24, 2.45) is 0 Å². The molecule has 0 saturated carbocycles. The maximum Gasteiger partial charge on any atom is 0.291 e. The topological polar surface area (TPSA) is 93.4 Å². The number of aryl methyl sites for hydroxylation is 1. The number of benzene rings is 3. The third-order valence-corrected chi connectivity index (χ3v) is 7.06. The van der Waals surface area contributed by atoms with Gasteiger partial charge < -0.3 is 23.7 Å². The molecule has 0 aliphatic heterocycles. The third-order valence-electron chi connectivity index (χ3n) is 6.11. The number of rotatable bonds is 9. The van der Waals surface area contributed by atoms with Gasteiger partial charge in [-0.15, -0.1) is 5.10 Å². The zero-order chi connectivity index (χ0) is 27.5. The second-order valence-corrected chi connectivity index (χ2v) is 9.65. The zero-order valence-electron chi connectivity index (χ0n) is 22.2. The van der Waals surface area contributed by atoms with Crippen molar-refractivity contribution in [3.05, 3.63) is 86.2 Å². The molecule has 200 valence electrons. The van der Waals surface area contributed by atoms with E-state index >= 15 is 0 Å². The Morgan fingerprint density at radius 3 is 2.15 bits per heavy atom. The maximum absolute atomic E-state index is 13.1. The van der Waals surface area contributed by atoms with Gasteiger partial charge in [0.1, 0.15) is 6.61 Å². The molecule has 2 aromatic heterocycles. The molecule has 0 spiro atoms. The Morgan fingerprint density at radius 1 is 0.846 bits per heavy atom. The molecule has 0 aliphatic rings. The molecule has 0 saturated heterocycles. The molecule has 0 unspecified atom stereocenters. The highest BCUT2D eigenvalue weighted by molar-refractivity contribution is 7.15. The van der Waals surface area contributed by atoms with Crippen molar-refractivity contribution in [1.82, 2.24) is 14.6 Å². The minimum atomic E-state index is -0.264. The van der Waals surface area contributed by atoms with Crippen LogP contribution in [0.4, 0.5) is 0 Å². The minimum absolute atomic E-state index is 0.264. The lowest BCUT2D eigenvalue weighted by Crippen LogP contribution is -2.23. The molecular weight excluding hydrogens is 518 g/mol. The lowest BCUT2D eigenvalue weighted by atomic mass is 10.1. The predicted octanol–water partition coefficient (Wildman–Crippen LogP) is 4.29. The lowest BCUT2D eigenvalue weighted by molar-refractivity contribution is 0.284. The SMILES string of the molecule is COc1cc(/C=c2/sc3nc(-c4cc(OC)c(OC)c(OC)c4)nn3c2=O)ccc1OCc1ccc(C)cc1. The summed E-state index contributed by atoms with van der Waals surface area (Å²) >= 11 is 1.25. The van der Waals surface area contributed by atoms with E-state index in [1.54, 1.807) is 25.3 Å². The van der Waals surface area contributed by atoms with Crippen LogP contribution in [0.2, 0.25) is 0 Å². The summed E-state index contributed by atoms with van der Waals surface area (Å²) in [5.74, 6) is 2.99. The van der Waals surface area contributed by atoms with Gasteiger partial charge in [-0.25, -0.2) is 0 Å². The average molecular weight is 546 g/mol. The standard InChI is InChI=1S/C29H27N3O6S/c1-17-6-8-18(9-7-17)16-38-21-11-10-19(12-22(21)34-2)13-25-28(33)32-29(39-25)30-27(31-32)20-14-23(35-3)26(37-5)24(15-20)36-4/h6-15H,16H2,1-5H3/b25-13+. The molecule has 5 aromatic rings. The third kappa shape index (κ3) is 5.23. The summed E-state index contributed by atoms with van der Waals surface area (Å²) < 4.78 is 29.5. The van der Waals surface area contributed by atoms with Crippen LogP contribution in [0.3, 0.4) is 0 Å². The van der Waals surface area contributed by atoms with E-state index in [1.165, 1.54) is 42.7 Å². The quantitative estimate of drug-likeness (QED) is 0.271. The van der Waals surface area contributed by atoms with E-state index in [1.807, 2.05) is 37.3 Å². The first-order chi connectivity index (χ1) is 18.9. The molecule has 39 heavy (non-hydrogen) atoms. The first-order valence-electron chi connectivity index (χ1n) is 12.0. The molecule has 0 bridgehead atoms. The molecule has 3 aromatic carbocycles. The number of nitrogens with zero attached hydrogens (tertiary/aromatic N) is 3. The smallest absolute Gasteiger partial charge is 0.291 e. The van der Waals surface area contributed by atoms with E-state index < -0.39 is 0 Å². The van der Waals surface area contributed by atoms with Gasteiger partial charge in [0, 0.05) is 5.56 Å². The highest BCUT2D eigenvalue weighted by Gasteiger charge is 2.18. The Kier molecular flexibility index (Phi) is 7.38. The van der Waals surface area contributed by atoms with E-state index in [0.717, 1.165) is 11.1 Å². The summed E-state index contributed by atoms with van der Waals surface area (Å²) in [5.41, 5.74) is 3.43. The van der Waals surface area contributed by atoms with E-state index in [-0.39, 0.29) is 5.56 Å². The Bertz CT molecular complexity index is 1720. The lowest BCUT2D eigenvalue weighted by Gasteiger charge is -2.12. The fraction of sp³-hybridized carbons (Fsp3) is 0.207. The van der Waals surface area contributed by atoms with Crippen LogP contribution in [0, 0.1) is 6.92 Å². The Balaban J connectivity index is 1.43. The largest absolute Gasteiger partial charge is 0.493 e. The van der Waals surface area contributed by atoms with Crippen LogP contribution in [0.15, 0.2) is 59.4 Å². The number of hydrogen-bond donors (Lipinski definition) is 0. The van der Waals surface area contributed by atoms with Crippen molar-refractivity contribution in [3.63, 3.8) is 0 Å². The van der Waals surface area contributed by atoms with Crippen molar-refractivity contribution in [1.29, 1.82) is 0 Å². The van der Waals surface area contributed by atoms with Crippen LogP contribution in [0.5, 0.6) is 28.7 Å². The van der Waals surface area contributed by atoms with E-state index in [4.69, 9.17) is 23.7 Å². The summed E-state index contributed by atoms with van der Waals surface area (Å²) in [6.45, 7) is 2.47. The van der Waals surface area contributed by atoms with Crippen LogP contribution in [-0.4, -0.2) is 43.0 Å². The van der Waals surface area contributed by atoms with Crippen LogP contribution >= 0.6 is 11.3 Å². The summed E-state index contributed by atoms with van der Waals surface area (Å²) in [4.78, 5) is 18.2. The minimum Gasteiger partial charge on any atom is -0.493 e. The molecule has 0 fully saturated rings. The first-order valence-corrected chi connectivity index (χ1v) is 12.8. The molecule has 5 rings (SSSR count). The number of hydrogen-bond acceptors (Lipinski definition) is 9. The van der Waals surface area contributed by atoms with Gasteiger partial charge >= 0.3 is 0 Å². The predicted molar refractivity (Wildman–Crippen MR) is 150 cm³/mol. The molecule has 9 nitrogen and oxygen atoms in total. The van der Waals surface area contributed by atoms with Crippen LogP contribution in [-0.2, 0) is 6.61 Å². The van der Waals surface area contributed by atoms with Crippen LogP contribution in [0.1, 0.15) is 16.7 Å². The highest BCUT2D eigenvalue weighted by atomic mass is 32.1. The summed E-state index contributed by atoms with van der Waals surface area (Å²) in [6.07, 6.45) is 1.79. The number of fused-ring (bicyclic) bond motifs is 1. The van der Waals surface area contributed by atoms with Gasteiger partial charge in [0.15, 0.2) is 28.8 Å². The summed E-state index contributed by atoms with van der Waals surface area (Å²) in [7, 11) is 6.20. The Hall–Kier alpha value is -4.57. The normalized spacial score (nSPS) is 11.6. The van der Waals surface area contributed by atoms with Gasteiger partial charge in [0.05, 0.1) is 33.0 Å². The van der Waals surface area contributed by atoms with Crippen molar-refractivity contribution in [2.45, 2.75) is 13.5 Å². The number of thiazole rings is 1. The number of ether oxygens (including phenoxy) is 5. The average Bonchev–Trinajstić information content (AvgIpc) is 3.51. The second-order valence-electron chi connectivity index (χ2n) is 8.64. The van der Waals surface area contributed by atoms with Crippen molar-refractivity contribution in [3.8, 4) is 40.1 Å². The van der Waals surface area contributed by atoms with Crippen LogP contribution < -0.4 is 33.8 Å². The van der Waals surface area contributed by atoms with E-state index in [2.05, 4.69) is 22.2 Å². The van der Waals surface area contributed by atoms with Crippen molar-refractivity contribution in [2.75, 3.05) is 28.4 Å². The molecule has 0 amide bonds. The summed E-state index contributed by atoms with van der Waals surface area (Å²) in [6, 6.07) is 17.2. The van der Waals surface area contributed by atoms with Crippen molar-refractivity contribution < 1.29 is 23.7 Å².